The van der Waals surface area contributed by atoms with Crippen LogP contribution in [-0.4, -0.2) is 13.1 Å². The average Bonchev–Trinajstić information content (AvgIpc) is 2.41. The van der Waals surface area contributed by atoms with Crippen molar-refractivity contribution in [3.8, 4) is 0 Å². The second kappa shape index (κ2) is 5.01. The van der Waals surface area contributed by atoms with Crippen molar-refractivity contribution in [2.75, 3.05) is 0 Å². The minimum atomic E-state index is -1.32. The molecule has 1 aromatic heterocycles. The summed E-state index contributed by atoms with van der Waals surface area (Å²) in [5.41, 5.74) is 1.24. The molecule has 0 unspecified atom stereocenters. The molecule has 0 saturated carbocycles. The van der Waals surface area contributed by atoms with E-state index in [4.69, 9.17) is 0 Å². The molecule has 1 nitrogen and oxygen atoms in total. The lowest BCUT2D eigenvalue weighted by Gasteiger charge is -2.29. The van der Waals surface area contributed by atoms with E-state index < -0.39 is 8.07 Å². The summed E-state index contributed by atoms with van der Waals surface area (Å²) in [6.45, 7) is 7.04. The number of benzene rings is 1. The van der Waals surface area contributed by atoms with Gasteiger partial charge >= 0.3 is 0 Å². The zero-order chi connectivity index (χ0) is 12.3. The van der Waals surface area contributed by atoms with Crippen LogP contribution in [0.4, 0.5) is 0 Å². The van der Waals surface area contributed by atoms with Gasteiger partial charge in [0.25, 0.3) is 0 Å². The first-order valence-electron chi connectivity index (χ1n) is 6.61. The first-order valence-corrected chi connectivity index (χ1v) is 9.23. The van der Waals surface area contributed by atoms with Gasteiger partial charge in [0.2, 0.25) is 0 Å². The molecule has 0 spiro atoms. The highest BCUT2D eigenvalue weighted by atomic mass is 28.3. The van der Waals surface area contributed by atoms with Crippen molar-refractivity contribution >= 4 is 24.2 Å². The number of nitrogens with zero attached hydrogens (tertiary/aromatic N) is 1. The molecule has 0 fully saturated rings. The van der Waals surface area contributed by atoms with Crippen LogP contribution < -0.4 is 5.19 Å². The maximum Gasteiger partial charge on any atom is 0.0887 e. The zero-order valence-corrected chi connectivity index (χ0v) is 12.0. The highest BCUT2D eigenvalue weighted by Crippen LogP contribution is 2.23. The van der Waals surface area contributed by atoms with Gasteiger partial charge < -0.3 is 0 Å². The molecule has 2 rings (SSSR count). The van der Waals surface area contributed by atoms with E-state index >= 15 is 0 Å². The summed E-state index contributed by atoms with van der Waals surface area (Å²) in [5, 5.41) is 2.85. The van der Waals surface area contributed by atoms with Gasteiger partial charge in [-0.15, -0.1) is 0 Å². The van der Waals surface area contributed by atoms with Crippen molar-refractivity contribution < 1.29 is 0 Å². The summed E-state index contributed by atoms with van der Waals surface area (Å²) in [7, 11) is -1.32. The van der Waals surface area contributed by atoms with Crippen LogP contribution in [0.1, 0.15) is 20.8 Å². The number of hydrogen-bond acceptors (Lipinski definition) is 1. The molecule has 1 aromatic carbocycles. The Kier molecular flexibility index (Phi) is 3.62. The fourth-order valence-electron chi connectivity index (χ4n) is 2.85. The first kappa shape index (κ1) is 12.3. The SMILES string of the molecule is CC[Si](CC)(CC)c1cccc2cccnc12. The van der Waals surface area contributed by atoms with Gasteiger partial charge in [-0.3, -0.25) is 4.98 Å². The van der Waals surface area contributed by atoms with Crippen LogP contribution in [0.3, 0.4) is 0 Å². The van der Waals surface area contributed by atoms with E-state index in [1.165, 1.54) is 29.0 Å². The standard InChI is InChI=1S/C15H21NSi/c1-4-17(5-2,6-3)14-11-7-9-13-10-8-12-16-15(13)14/h7-12H,4-6H2,1-3H3. The van der Waals surface area contributed by atoms with Crippen LogP contribution in [0.5, 0.6) is 0 Å². The maximum absolute atomic E-state index is 4.63. The quantitative estimate of drug-likeness (QED) is 0.741. The molecule has 2 heteroatoms. The molecular weight excluding hydrogens is 222 g/mol. The number of pyridine rings is 1. The Morgan fingerprint density at radius 1 is 0.941 bits per heavy atom. The van der Waals surface area contributed by atoms with Gasteiger partial charge in [-0.1, -0.05) is 63.2 Å². The van der Waals surface area contributed by atoms with E-state index in [1.54, 1.807) is 5.19 Å². The van der Waals surface area contributed by atoms with Crippen LogP contribution in [0.25, 0.3) is 10.9 Å². The van der Waals surface area contributed by atoms with Crippen LogP contribution in [0.2, 0.25) is 18.1 Å². The second-order valence-electron chi connectivity index (χ2n) is 4.72. The Morgan fingerprint density at radius 3 is 2.24 bits per heavy atom. The highest BCUT2D eigenvalue weighted by Gasteiger charge is 2.30. The Labute approximate surface area is 105 Å². The van der Waals surface area contributed by atoms with E-state index in [2.05, 4.69) is 50.0 Å². The second-order valence-corrected chi connectivity index (χ2v) is 9.94. The molecule has 0 aliphatic carbocycles. The van der Waals surface area contributed by atoms with Gasteiger partial charge in [-0.25, -0.2) is 0 Å². The number of para-hydroxylation sites is 1. The van der Waals surface area contributed by atoms with Crippen molar-refractivity contribution in [2.24, 2.45) is 0 Å². The maximum atomic E-state index is 4.63. The predicted octanol–water partition coefficient (Wildman–Crippen LogP) is 3.95. The monoisotopic (exact) mass is 243 g/mol. The number of fused-ring (bicyclic) bond motifs is 1. The normalized spacial score (nSPS) is 11.9. The van der Waals surface area contributed by atoms with E-state index in [9.17, 15) is 0 Å². The third-order valence-electron chi connectivity index (χ3n) is 4.23. The zero-order valence-electron chi connectivity index (χ0n) is 11.0. The molecule has 1 heterocycles. The van der Waals surface area contributed by atoms with Crippen molar-refractivity contribution in [3.63, 3.8) is 0 Å². The summed E-state index contributed by atoms with van der Waals surface area (Å²) < 4.78 is 0. The largest absolute Gasteiger partial charge is 0.256 e. The summed E-state index contributed by atoms with van der Waals surface area (Å²) in [6, 6.07) is 14.8. The molecule has 0 aliphatic heterocycles. The van der Waals surface area contributed by atoms with Gasteiger partial charge in [0, 0.05) is 11.6 Å². The lowest BCUT2D eigenvalue weighted by molar-refractivity contribution is 1.19. The summed E-state index contributed by atoms with van der Waals surface area (Å²) in [6.07, 6.45) is 1.92. The van der Waals surface area contributed by atoms with Gasteiger partial charge in [0.15, 0.2) is 0 Å². The molecular formula is C15H21NSi. The van der Waals surface area contributed by atoms with Gasteiger partial charge in [-0.2, -0.15) is 0 Å². The Morgan fingerprint density at radius 2 is 1.59 bits per heavy atom. The fourth-order valence-corrected chi connectivity index (χ4v) is 6.66. The van der Waals surface area contributed by atoms with Gasteiger partial charge in [0.1, 0.15) is 0 Å². The molecule has 0 radical (unpaired) electrons. The summed E-state index contributed by atoms with van der Waals surface area (Å²) >= 11 is 0. The number of aromatic nitrogens is 1. The van der Waals surface area contributed by atoms with Crippen molar-refractivity contribution in [1.29, 1.82) is 0 Å². The van der Waals surface area contributed by atoms with Crippen LogP contribution in [0, 0.1) is 0 Å². The first-order chi connectivity index (χ1) is 8.27. The van der Waals surface area contributed by atoms with E-state index in [0.717, 1.165) is 0 Å². The molecule has 0 bridgehead atoms. The molecule has 0 atom stereocenters. The molecule has 2 aromatic rings. The van der Waals surface area contributed by atoms with Gasteiger partial charge in [0.05, 0.1) is 13.6 Å². The lowest BCUT2D eigenvalue weighted by Crippen LogP contribution is -2.46. The van der Waals surface area contributed by atoms with Crippen molar-refractivity contribution in [2.45, 2.75) is 38.9 Å². The number of rotatable bonds is 4. The third-order valence-corrected chi connectivity index (χ3v) is 9.84. The lowest BCUT2D eigenvalue weighted by atomic mass is 10.2. The van der Waals surface area contributed by atoms with Crippen molar-refractivity contribution in [3.05, 3.63) is 36.5 Å². The van der Waals surface area contributed by atoms with Crippen LogP contribution in [-0.2, 0) is 0 Å². The molecule has 0 N–H and O–H groups in total. The summed E-state index contributed by atoms with van der Waals surface area (Å²) in [4.78, 5) is 4.63. The minimum Gasteiger partial charge on any atom is -0.256 e. The van der Waals surface area contributed by atoms with E-state index in [-0.39, 0.29) is 0 Å². The summed E-state index contributed by atoms with van der Waals surface area (Å²) in [5.74, 6) is 0. The Hall–Kier alpha value is -1.15. The highest BCUT2D eigenvalue weighted by molar-refractivity contribution is 6.93. The molecule has 17 heavy (non-hydrogen) atoms. The smallest absolute Gasteiger partial charge is 0.0887 e. The van der Waals surface area contributed by atoms with E-state index in [1.807, 2.05) is 12.3 Å². The number of hydrogen-bond donors (Lipinski definition) is 0. The topological polar surface area (TPSA) is 12.9 Å². The average molecular weight is 243 g/mol. The molecule has 90 valence electrons. The van der Waals surface area contributed by atoms with E-state index in [0.29, 0.717) is 0 Å². The molecule has 0 saturated heterocycles. The minimum absolute atomic E-state index is 1.24. The third kappa shape index (κ3) is 2.02. The molecule has 0 amide bonds. The Bertz CT molecular complexity index is 489. The Balaban J connectivity index is 2.69. The van der Waals surface area contributed by atoms with Gasteiger partial charge in [-0.05, 0) is 11.3 Å². The van der Waals surface area contributed by atoms with Crippen LogP contribution >= 0.6 is 0 Å². The van der Waals surface area contributed by atoms with Crippen LogP contribution in [0.15, 0.2) is 36.5 Å². The fraction of sp³-hybridized carbons (Fsp3) is 0.400. The molecule has 0 aliphatic rings. The predicted molar refractivity (Wildman–Crippen MR) is 78.6 cm³/mol. The van der Waals surface area contributed by atoms with Crippen molar-refractivity contribution in [1.82, 2.24) is 4.98 Å².